The monoisotopic (exact) mass is 333 g/mol. The first-order valence-electron chi connectivity index (χ1n) is 7.77. The zero-order chi connectivity index (χ0) is 16.2. The van der Waals surface area contributed by atoms with E-state index in [0.29, 0.717) is 11.4 Å². The van der Waals surface area contributed by atoms with Gasteiger partial charge in [0, 0.05) is 37.3 Å². The molecule has 1 amide bonds. The molecule has 2 aromatic rings. The molecular weight excluding hydrogens is 314 g/mol. The van der Waals surface area contributed by atoms with Crippen LogP contribution in [0, 0.1) is 6.92 Å². The molecule has 1 aliphatic rings. The fourth-order valence-electron chi connectivity index (χ4n) is 2.76. The maximum Gasteiger partial charge on any atom is 0.227 e. The van der Waals surface area contributed by atoms with E-state index in [-0.39, 0.29) is 5.91 Å². The van der Waals surface area contributed by atoms with Gasteiger partial charge in [0.2, 0.25) is 5.91 Å². The molecule has 0 unspecified atom stereocenters. The Labute approximate surface area is 140 Å². The van der Waals surface area contributed by atoms with Crippen LogP contribution in [0.5, 0.6) is 0 Å². The van der Waals surface area contributed by atoms with Crippen molar-refractivity contribution >= 4 is 17.5 Å². The van der Waals surface area contributed by atoms with Crippen LogP contribution in [0.4, 0.5) is 0 Å². The molecule has 1 saturated heterocycles. The highest BCUT2D eigenvalue weighted by Gasteiger charge is 2.22. The molecule has 0 radical (unpaired) electrons. The highest BCUT2D eigenvalue weighted by molar-refractivity contribution is 6.30. The van der Waals surface area contributed by atoms with Gasteiger partial charge in [-0.25, -0.2) is 0 Å². The van der Waals surface area contributed by atoms with Crippen LogP contribution < -0.4 is 0 Å². The van der Waals surface area contributed by atoms with Gasteiger partial charge < -0.3 is 9.42 Å². The van der Waals surface area contributed by atoms with E-state index in [2.05, 4.69) is 10.1 Å². The van der Waals surface area contributed by atoms with Gasteiger partial charge in [-0.15, -0.1) is 0 Å². The van der Waals surface area contributed by atoms with E-state index in [1.165, 1.54) is 0 Å². The summed E-state index contributed by atoms with van der Waals surface area (Å²) >= 11 is 5.87. The Balaban J connectivity index is 1.48. The van der Waals surface area contributed by atoms with Crippen molar-refractivity contribution in [2.24, 2.45) is 0 Å². The predicted octanol–water partition coefficient (Wildman–Crippen LogP) is 2.52. The molecule has 2 heterocycles. The molecule has 0 N–H and O–H groups in total. The number of amides is 1. The van der Waals surface area contributed by atoms with E-state index >= 15 is 0 Å². The van der Waals surface area contributed by atoms with Crippen molar-refractivity contribution in [2.45, 2.75) is 19.9 Å². The van der Waals surface area contributed by atoms with E-state index < -0.39 is 0 Å². The van der Waals surface area contributed by atoms with Crippen LogP contribution in [0.2, 0.25) is 5.02 Å². The van der Waals surface area contributed by atoms with Crippen LogP contribution in [-0.4, -0.2) is 47.0 Å². The molecule has 0 atom stereocenters. The summed E-state index contributed by atoms with van der Waals surface area (Å²) in [5.41, 5.74) is 1.90. The Bertz CT molecular complexity index is 661. The minimum Gasteiger partial charge on any atom is -0.360 e. The molecule has 1 aliphatic heterocycles. The van der Waals surface area contributed by atoms with E-state index in [1.807, 2.05) is 42.2 Å². The summed E-state index contributed by atoms with van der Waals surface area (Å²) in [6.45, 7) is 5.87. The standard InChI is InChI=1S/C17H20ClN3O2/c1-13-10-16(23-19-13)12-20-6-8-21(9-7-20)17(22)11-14-2-4-15(18)5-3-14/h2-5,10H,6-9,11-12H2,1H3. The highest BCUT2D eigenvalue weighted by Crippen LogP contribution is 2.13. The van der Waals surface area contributed by atoms with Gasteiger partial charge in [-0.2, -0.15) is 0 Å². The van der Waals surface area contributed by atoms with Gasteiger partial charge in [0.05, 0.1) is 18.7 Å². The Hall–Kier alpha value is -1.85. The average molecular weight is 334 g/mol. The van der Waals surface area contributed by atoms with Crippen molar-refractivity contribution in [3.63, 3.8) is 0 Å². The van der Waals surface area contributed by atoms with Gasteiger partial charge in [0.15, 0.2) is 5.76 Å². The molecule has 0 saturated carbocycles. The van der Waals surface area contributed by atoms with Crippen molar-refractivity contribution < 1.29 is 9.32 Å². The Kier molecular flexibility index (Phi) is 4.98. The summed E-state index contributed by atoms with van der Waals surface area (Å²) < 4.78 is 5.25. The van der Waals surface area contributed by atoms with Gasteiger partial charge >= 0.3 is 0 Å². The summed E-state index contributed by atoms with van der Waals surface area (Å²) in [5, 5.41) is 4.59. The summed E-state index contributed by atoms with van der Waals surface area (Å²) in [6, 6.07) is 9.41. The number of aryl methyl sites for hydroxylation is 1. The van der Waals surface area contributed by atoms with Gasteiger partial charge in [0.25, 0.3) is 0 Å². The lowest BCUT2D eigenvalue weighted by Gasteiger charge is -2.34. The van der Waals surface area contributed by atoms with Crippen LogP contribution in [0.3, 0.4) is 0 Å². The zero-order valence-corrected chi connectivity index (χ0v) is 13.9. The fraction of sp³-hybridized carbons (Fsp3) is 0.412. The summed E-state index contributed by atoms with van der Waals surface area (Å²) in [6.07, 6.45) is 0.429. The lowest BCUT2D eigenvalue weighted by Crippen LogP contribution is -2.48. The molecule has 1 aromatic heterocycles. The lowest BCUT2D eigenvalue weighted by atomic mass is 10.1. The number of aromatic nitrogens is 1. The van der Waals surface area contributed by atoms with Crippen molar-refractivity contribution in [3.8, 4) is 0 Å². The van der Waals surface area contributed by atoms with Crippen LogP contribution in [-0.2, 0) is 17.8 Å². The molecule has 23 heavy (non-hydrogen) atoms. The van der Waals surface area contributed by atoms with Crippen molar-refractivity contribution in [3.05, 3.63) is 52.4 Å². The van der Waals surface area contributed by atoms with Gasteiger partial charge in [-0.1, -0.05) is 28.9 Å². The molecule has 0 aliphatic carbocycles. The predicted molar refractivity (Wildman–Crippen MR) is 88.3 cm³/mol. The highest BCUT2D eigenvalue weighted by atomic mass is 35.5. The first kappa shape index (κ1) is 16.0. The number of halogens is 1. The number of piperazine rings is 1. The number of hydrogen-bond acceptors (Lipinski definition) is 4. The summed E-state index contributed by atoms with van der Waals surface area (Å²) in [5.74, 6) is 1.05. The van der Waals surface area contributed by atoms with Gasteiger partial charge in [-0.3, -0.25) is 9.69 Å². The summed E-state index contributed by atoms with van der Waals surface area (Å²) in [7, 11) is 0. The Morgan fingerprint density at radius 1 is 1.22 bits per heavy atom. The van der Waals surface area contributed by atoms with Crippen LogP contribution in [0.25, 0.3) is 0 Å². The third-order valence-corrected chi connectivity index (χ3v) is 4.30. The Morgan fingerprint density at radius 3 is 2.52 bits per heavy atom. The number of benzene rings is 1. The maximum atomic E-state index is 12.4. The van der Waals surface area contributed by atoms with Crippen molar-refractivity contribution in [1.82, 2.24) is 15.0 Å². The summed E-state index contributed by atoms with van der Waals surface area (Å²) in [4.78, 5) is 16.6. The van der Waals surface area contributed by atoms with E-state index in [9.17, 15) is 4.79 Å². The topological polar surface area (TPSA) is 49.6 Å². The molecule has 0 bridgehead atoms. The first-order chi connectivity index (χ1) is 11.1. The number of nitrogens with zero attached hydrogens (tertiary/aromatic N) is 3. The minimum absolute atomic E-state index is 0.169. The van der Waals surface area contributed by atoms with Crippen LogP contribution in [0.1, 0.15) is 17.0 Å². The molecular formula is C17H20ClN3O2. The van der Waals surface area contributed by atoms with Crippen molar-refractivity contribution in [1.29, 1.82) is 0 Å². The molecule has 0 spiro atoms. The number of rotatable bonds is 4. The van der Waals surface area contributed by atoms with Crippen LogP contribution >= 0.6 is 11.6 Å². The zero-order valence-electron chi connectivity index (χ0n) is 13.2. The third-order valence-electron chi connectivity index (χ3n) is 4.05. The van der Waals surface area contributed by atoms with Crippen molar-refractivity contribution in [2.75, 3.05) is 26.2 Å². The molecule has 122 valence electrons. The van der Waals surface area contributed by atoms with Crippen LogP contribution in [0.15, 0.2) is 34.9 Å². The first-order valence-corrected chi connectivity index (χ1v) is 8.15. The second kappa shape index (κ2) is 7.15. The Morgan fingerprint density at radius 2 is 1.91 bits per heavy atom. The van der Waals surface area contributed by atoms with Gasteiger partial charge in [0.1, 0.15) is 0 Å². The molecule has 1 fully saturated rings. The van der Waals surface area contributed by atoms with E-state index in [0.717, 1.165) is 49.7 Å². The normalized spacial score (nSPS) is 15.8. The van der Waals surface area contributed by atoms with Gasteiger partial charge in [-0.05, 0) is 24.6 Å². The quantitative estimate of drug-likeness (QED) is 0.862. The minimum atomic E-state index is 0.169. The largest absolute Gasteiger partial charge is 0.360 e. The number of carbonyl (C=O) groups is 1. The molecule has 6 heteroatoms. The van der Waals surface area contributed by atoms with E-state index in [1.54, 1.807) is 0 Å². The number of carbonyl (C=O) groups excluding carboxylic acids is 1. The smallest absolute Gasteiger partial charge is 0.227 e. The average Bonchev–Trinajstić information content (AvgIpc) is 2.95. The number of hydrogen-bond donors (Lipinski definition) is 0. The SMILES string of the molecule is Cc1cc(CN2CCN(C(=O)Cc3ccc(Cl)cc3)CC2)on1. The second-order valence-electron chi connectivity index (χ2n) is 5.89. The third kappa shape index (κ3) is 4.33. The fourth-order valence-corrected chi connectivity index (χ4v) is 2.88. The van der Waals surface area contributed by atoms with E-state index in [4.69, 9.17) is 16.1 Å². The second-order valence-corrected chi connectivity index (χ2v) is 6.33. The maximum absolute atomic E-state index is 12.4. The molecule has 3 rings (SSSR count). The molecule has 5 nitrogen and oxygen atoms in total. The lowest BCUT2D eigenvalue weighted by molar-refractivity contribution is -0.132. The molecule has 1 aromatic carbocycles.